The summed E-state index contributed by atoms with van der Waals surface area (Å²) >= 11 is 3.58. The summed E-state index contributed by atoms with van der Waals surface area (Å²) in [5.74, 6) is 0. The molecule has 1 saturated heterocycles. The van der Waals surface area contributed by atoms with E-state index in [0.29, 0.717) is 6.04 Å². The first-order valence-electron chi connectivity index (χ1n) is 7.22. The van der Waals surface area contributed by atoms with E-state index in [-0.39, 0.29) is 0 Å². The molecule has 1 aliphatic heterocycles. The minimum Gasteiger partial charge on any atom is -0.291 e. The maximum Gasteiger partial charge on any atom is 0.0544 e. The van der Waals surface area contributed by atoms with Crippen molar-refractivity contribution in [1.82, 2.24) is 9.88 Å². The van der Waals surface area contributed by atoms with E-state index < -0.39 is 0 Å². The molecule has 1 aromatic carbocycles. The average Bonchev–Trinajstić information content (AvgIpc) is 2.49. The van der Waals surface area contributed by atoms with Crippen molar-refractivity contribution >= 4 is 15.9 Å². The van der Waals surface area contributed by atoms with E-state index in [1.807, 2.05) is 12.3 Å². The molecule has 2 aromatic rings. The number of rotatable bonds is 3. The van der Waals surface area contributed by atoms with Gasteiger partial charge in [0.1, 0.15) is 0 Å². The van der Waals surface area contributed by atoms with Gasteiger partial charge in [-0.25, -0.2) is 0 Å². The van der Waals surface area contributed by atoms with Gasteiger partial charge in [0.2, 0.25) is 0 Å². The van der Waals surface area contributed by atoms with Gasteiger partial charge >= 0.3 is 0 Å². The fourth-order valence-electron chi connectivity index (χ4n) is 2.97. The monoisotopic (exact) mass is 330 g/mol. The minimum absolute atomic E-state index is 0.517. The highest BCUT2D eigenvalue weighted by molar-refractivity contribution is 9.10. The van der Waals surface area contributed by atoms with Gasteiger partial charge in [0.15, 0.2) is 0 Å². The first-order valence-corrected chi connectivity index (χ1v) is 8.01. The molecule has 2 nitrogen and oxygen atoms in total. The van der Waals surface area contributed by atoms with Crippen LogP contribution in [0.25, 0.3) is 0 Å². The van der Waals surface area contributed by atoms with E-state index in [2.05, 4.69) is 62.2 Å². The molecule has 1 aliphatic rings. The molecule has 3 rings (SSSR count). The zero-order chi connectivity index (χ0) is 13.8. The molecule has 0 N–H and O–H groups in total. The van der Waals surface area contributed by atoms with Crippen molar-refractivity contribution in [2.45, 2.75) is 31.8 Å². The van der Waals surface area contributed by atoms with Crippen LogP contribution in [-0.4, -0.2) is 16.4 Å². The number of pyridine rings is 1. The number of likely N-dealkylation sites (tertiary alicyclic amines) is 1. The number of aromatic nitrogens is 1. The van der Waals surface area contributed by atoms with E-state index in [0.717, 1.165) is 18.8 Å². The molecule has 1 atom stereocenters. The largest absolute Gasteiger partial charge is 0.291 e. The highest BCUT2D eigenvalue weighted by Gasteiger charge is 2.24. The zero-order valence-electron chi connectivity index (χ0n) is 11.5. The Morgan fingerprint density at radius 1 is 1.15 bits per heavy atom. The summed E-state index contributed by atoms with van der Waals surface area (Å²) in [7, 11) is 0. The third kappa shape index (κ3) is 3.28. The van der Waals surface area contributed by atoms with E-state index in [1.165, 1.54) is 29.3 Å². The van der Waals surface area contributed by atoms with Crippen molar-refractivity contribution in [1.29, 1.82) is 0 Å². The fraction of sp³-hybridized carbons (Fsp3) is 0.353. The van der Waals surface area contributed by atoms with Gasteiger partial charge in [-0.1, -0.05) is 40.5 Å². The van der Waals surface area contributed by atoms with Crippen LogP contribution >= 0.6 is 15.9 Å². The smallest absolute Gasteiger partial charge is 0.0544 e. The lowest BCUT2D eigenvalue weighted by Crippen LogP contribution is -2.33. The summed E-state index contributed by atoms with van der Waals surface area (Å²) in [4.78, 5) is 7.03. The Labute approximate surface area is 129 Å². The van der Waals surface area contributed by atoms with E-state index in [9.17, 15) is 0 Å². The highest BCUT2D eigenvalue weighted by atomic mass is 79.9. The first-order chi connectivity index (χ1) is 9.83. The number of benzene rings is 1. The number of hydrogen-bond acceptors (Lipinski definition) is 2. The zero-order valence-corrected chi connectivity index (χ0v) is 13.1. The Hall–Kier alpha value is -1.19. The Balaban J connectivity index is 1.80. The molecule has 0 spiro atoms. The summed E-state index contributed by atoms with van der Waals surface area (Å²) < 4.78 is 1.17. The third-order valence-electron chi connectivity index (χ3n) is 3.94. The molecule has 1 aromatic heterocycles. The summed E-state index contributed by atoms with van der Waals surface area (Å²) in [5.41, 5.74) is 2.57. The van der Waals surface area contributed by atoms with E-state index in [1.54, 1.807) is 0 Å². The molecule has 104 valence electrons. The predicted molar refractivity (Wildman–Crippen MR) is 85.4 cm³/mol. The molecular formula is C17H19BrN2. The molecule has 0 saturated carbocycles. The van der Waals surface area contributed by atoms with Crippen molar-refractivity contribution < 1.29 is 0 Å². The summed E-state index contributed by atoms with van der Waals surface area (Å²) in [6, 6.07) is 15.4. The Morgan fingerprint density at radius 2 is 2.10 bits per heavy atom. The van der Waals surface area contributed by atoms with Crippen molar-refractivity contribution in [3.05, 3.63) is 64.4 Å². The Bertz CT molecular complexity index is 556. The van der Waals surface area contributed by atoms with Gasteiger partial charge in [0.05, 0.1) is 5.69 Å². The Kier molecular flexibility index (Phi) is 4.48. The topological polar surface area (TPSA) is 16.1 Å². The van der Waals surface area contributed by atoms with Gasteiger partial charge in [-0.05, 0) is 49.2 Å². The molecule has 1 fully saturated rings. The maximum atomic E-state index is 4.47. The van der Waals surface area contributed by atoms with Crippen molar-refractivity contribution in [3.8, 4) is 0 Å². The molecule has 0 radical (unpaired) electrons. The van der Waals surface area contributed by atoms with E-state index >= 15 is 0 Å². The SMILES string of the molecule is Brc1cccc(C2CCCCN2Cc2ccccn2)c1. The van der Waals surface area contributed by atoms with Gasteiger partial charge in [-0.2, -0.15) is 0 Å². The quantitative estimate of drug-likeness (QED) is 0.819. The fourth-order valence-corrected chi connectivity index (χ4v) is 3.39. The molecule has 3 heteroatoms. The molecule has 1 unspecified atom stereocenters. The third-order valence-corrected chi connectivity index (χ3v) is 4.43. The molecular weight excluding hydrogens is 312 g/mol. The highest BCUT2D eigenvalue weighted by Crippen LogP contribution is 2.32. The van der Waals surface area contributed by atoms with Gasteiger partial charge < -0.3 is 0 Å². The average molecular weight is 331 g/mol. The van der Waals surface area contributed by atoms with Crippen LogP contribution in [0.15, 0.2) is 53.1 Å². The number of halogens is 1. The summed E-state index contributed by atoms with van der Waals surface area (Å²) in [6.07, 6.45) is 5.73. The maximum absolute atomic E-state index is 4.47. The van der Waals surface area contributed by atoms with Crippen molar-refractivity contribution in [3.63, 3.8) is 0 Å². The van der Waals surface area contributed by atoms with Crippen LogP contribution in [0, 0.1) is 0 Å². The Morgan fingerprint density at radius 3 is 2.90 bits per heavy atom. The van der Waals surface area contributed by atoms with Gasteiger partial charge in [-0.3, -0.25) is 9.88 Å². The minimum atomic E-state index is 0.517. The second-order valence-electron chi connectivity index (χ2n) is 5.36. The van der Waals surface area contributed by atoms with Gasteiger partial charge in [0, 0.05) is 23.3 Å². The molecule has 2 heterocycles. The van der Waals surface area contributed by atoms with Crippen LogP contribution in [0.5, 0.6) is 0 Å². The number of piperidine rings is 1. The van der Waals surface area contributed by atoms with Crippen LogP contribution in [0.4, 0.5) is 0 Å². The first kappa shape index (κ1) is 13.8. The molecule has 0 aliphatic carbocycles. The number of hydrogen-bond donors (Lipinski definition) is 0. The molecule has 20 heavy (non-hydrogen) atoms. The molecule has 0 amide bonds. The van der Waals surface area contributed by atoms with Crippen LogP contribution in [-0.2, 0) is 6.54 Å². The lowest BCUT2D eigenvalue weighted by atomic mass is 9.95. The summed E-state index contributed by atoms with van der Waals surface area (Å²) in [6.45, 7) is 2.10. The van der Waals surface area contributed by atoms with Crippen LogP contribution in [0.3, 0.4) is 0 Å². The van der Waals surface area contributed by atoms with Crippen molar-refractivity contribution in [2.24, 2.45) is 0 Å². The van der Waals surface area contributed by atoms with Crippen LogP contribution in [0.2, 0.25) is 0 Å². The van der Waals surface area contributed by atoms with Crippen LogP contribution < -0.4 is 0 Å². The van der Waals surface area contributed by atoms with Gasteiger partial charge in [0.25, 0.3) is 0 Å². The van der Waals surface area contributed by atoms with Crippen molar-refractivity contribution in [2.75, 3.05) is 6.54 Å². The summed E-state index contributed by atoms with van der Waals surface area (Å²) in [5, 5.41) is 0. The van der Waals surface area contributed by atoms with E-state index in [4.69, 9.17) is 0 Å². The molecule has 0 bridgehead atoms. The van der Waals surface area contributed by atoms with Crippen LogP contribution in [0.1, 0.15) is 36.6 Å². The second kappa shape index (κ2) is 6.51. The van der Waals surface area contributed by atoms with Gasteiger partial charge in [-0.15, -0.1) is 0 Å². The number of nitrogens with zero attached hydrogens (tertiary/aromatic N) is 2. The normalized spacial score (nSPS) is 19.9. The second-order valence-corrected chi connectivity index (χ2v) is 6.27. The lowest BCUT2D eigenvalue weighted by Gasteiger charge is -2.36. The standard InChI is InChI=1S/C17H19BrN2/c18-15-7-5-6-14(12-15)17-9-2-4-11-20(17)13-16-8-1-3-10-19-16/h1,3,5-8,10,12,17H,2,4,9,11,13H2. The predicted octanol–water partition coefficient (Wildman–Crippen LogP) is 4.57. The lowest BCUT2D eigenvalue weighted by molar-refractivity contribution is 0.138.